The Morgan fingerprint density at radius 2 is 1.96 bits per heavy atom. The maximum absolute atomic E-state index is 12.3. The summed E-state index contributed by atoms with van der Waals surface area (Å²) in [5.74, 6) is 1.20. The molecule has 0 spiro atoms. The molecule has 0 aliphatic carbocycles. The van der Waals surface area contributed by atoms with Gasteiger partial charge >= 0.3 is 0 Å². The molecule has 1 amide bonds. The highest BCUT2D eigenvalue weighted by molar-refractivity contribution is 5.79. The molecule has 0 radical (unpaired) electrons. The lowest BCUT2D eigenvalue weighted by Gasteiger charge is -2.23. The number of nitrogens with one attached hydrogen (secondary N) is 2. The molecule has 2 heterocycles. The molecule has 138 valence electrons. The van der Waals surface area contributed by atoms with E-state index in [-0.39, 0.29) is 17.9 Å². The Morgan fingerprint density at radius 3 is 2.58 bits per heavy atom. The van der Waals surface area contributed by atoms with Crippen LogP contribution in [0.3, 0.4) is 0 Å². The minimum absolute atomic E-state index is 0.00290. The number of ether oxygens (including phenoxy) is 2. The van der Waals surface area contributed by atoms with Gasteiger partial charge in [-0.1, -0.05) is 0 Å². The maximum Gasteiger partial charge on any atom is 0.247 e. The molecule has 1 aromatic heterocycles. The molecule has 1 saturated heterocycles. The number of anilines is 2. The summed E-state index contributed by atoms with van der Waals surface area (Å²) in [5, 5.41) is 14.3. The van der Waals surface area contributed by atoms with Crippen molar-refractivity contribution in [2.75, 3.05) is 25.6 Å². The molecule has 0 bridgehead atoms. The Balaban J connectivity index is 1.56. The van der Waals surface area contributed by atoms with E-state index in [1.54, 1.807) is 13.3 Å². The molecule has 0 saturated carbocycles. The molecule has 3 rings (SSSR count). The molecule has 2 N–H and O–H groups in total. The van der Waals surface area contributed by atoms with Gasteiger partial charge in [-0.25, -0.2) is 4.98 Å². The second-order valence-electron chi connectivity index (χ2n) is 6.18. The maximum atomic E-state index is 12.3. The van der Waals surface area contributed by atoms with Crippen LogP contribution in [0.1, 0.15) is 31.5 Å². The first-order chi connectivity index (χ1) is 12.7. The summed E-state index contributed by atoms with van der Waals surface area (Å²) >= 11 is 0. The van der Waals surface area contributed by atoms with Gasteiger partial charge in [-0.05, 0) is 44.0 Å². The van der Waals surface area contributed by atoms with E-state index in [1.807, 2.05) is 31.2 Å². The zero-order chi connectivity index (χ0) is 18.4. The van der Waals surface area contributed by atoms with E-state index in [0.29, 0.717) is 24.9 Å². The number of methoxy groups -OCH3 is 1. The largest absolute Gasteiger partial charge is 0.497 e. The third kappa shape index (κ3) is 4.66. The van der Waals surface area contributed by atoms with Gasteiger partial charge in [-0.3, -0.25) is 4.79 Å². The van der Waals surface area contributed by atoms with E-state index in [2.05, 4.69) is 25.8 Å². The first kappa shape index (κ1) is 18.1. The zero-order valence-corrected chi connectivity index (χ0v) is 14.9. The number of hydrogen-bond donors (Lipinski definition) is 2. The number of aromatic nitrogens is 3. The summed E-state index contributed by atoms with van der Waals surface area (Å²) in [5.41, 5.74) is 1.45. The lowest BCUT2D eigenvalue weighted by molar-refractivity contribution is -0.128. The summed E-state index contributed by atoms with van der Waals surface area (Å²) < 4.78 is 10.4. The molecular formula is C18H23N5O3. The summed E-state index contributed by atoms with van der Waals surface area (Å²) in [6.07, 6.45) is 3.13. The van der Waals surface area contributed by atoms with Crippen LogP contribution < -0.4 is 15.4 Å². The van der Waals surface area contributed by atoms with E-state index in [1.165, 1.54) is 0 Å². The van der Waals surface area contributed by atoms with E-state index < -0.39 is 0 Å². The number of hydrogen-bond acceptors (Lipinski definition) is 7. The van der Waals surface area contributed by atoms with Crippen LogP contribution in [0.4, 0.5) is 11.6 Å². The van der Waals surface area contributed by atoms with E-state index >= 15 is 0 Å². The monoisotopic (exact) mass is 357 g/mol. The number of carbonyl (C=O) groups excluding carboxylic acids is 1. The molecule has 1 aliphatic heterocycles. The Morgan fingerprint density at radius 1 is 1.23 bits per heavy atom. The molecule has 1 aliphatic rings. The summed E-state index contributed by atoms with van der Waals surface area (Å²) in [6.45, 7) is 3.15. The lowest BCUT2D eigenvalue weighted by atomic mass is 9.99. The van der Waals surface area contributed by atoms with Gasteiger partial charge in [0.2, 0.25) is 11.9 Å². The number of benzene rings is 1. The van der Waals surface area contributed by atoms with Crippen LogP contribution in [0.15, 0.2) is 30.5 Å². The lowest BCUT2D eigenvalue weighted by Crippen LogP contribution is -2.36. The Bertz CT molecular complexity index is 715. The van der Waals surface area contributed by atoms with Crippen molar-refractivity contribution in [1.82, 2.24) is 20.5 Å². The molecule has 1 unspecified atom stereocenters. The molecule has 2 aromatic rings. The predicted molar refractivity (Wildman–Crippen MR) is 96.2 cm³/mol. The summed E-state index contributed by atoms with van der Waals surface area (Å²) in [7, 11) is 1.62. The van der Waals surface area contributed by atoms with E-state index in [0.717, 1.165) is 24.3 Å². The molecule has 1 atom stereocenters. The third-order valence-corrected chi connectivity index (χ3v) is 4.32. The molecule has 26 heavy (non-hydrogen) atoms. The predicted octanol–water partition coefficient (Wildman–Crippen LogP) is 2.23. The fourth-order valence-corrected chi connectivity index (χ4v) is 2.71. The van der Waals surface area contributed by atoms with Gasteiger partial charge in [0.15, 0.2) is 0 Å². The Kier molecular flexibility index (Phi) is 5.96. The summed E-state index contributed by atoms with van der Waals surface area (Å²) in [6, 6.07) is 7.18. The normalized spacial score (nSPS) is 15.9. The van der Waals surface area contributed by atoms with Crippen molar-refractivity contribution in [3.05, 3.63) is 36.2 Å². The molecule has 1 fully saturated rings. The second kappa shape index (κ2) is 8.57. The van der Waals surface area contributed by atoms with Gasteiger partial charge < -0.3 is 20.1 Å². The highest BCUT2D eigenvalue weighted by Crippen LogP contribution is 2.19. The van der Waals surface area contributed by atoms with Crippen LogP contribution in [0.5, 0.6) is 5.75 Å². The van der Waals surface area contributed by atoms with Crippen molar-refractivity contribution in [2.24, 2.45) is 5.92 Å². The first-order valence-electron chi connectivity index (χ1n) is 8.64. The molecule has 1 aromatic carbocycles. The third-order valence-electron chi connectivity index (χ3n) is 4.32. The standard InChI is InChI=1S/C18H23N5O3/c1-12(20-17(24)13-7-9-26-10-8-13)16-11-19-18(23-22-16)21-14-3-5-15(25-2)6-4-14/h3-6,11-13H,7-10H2,1-2H3,(H,20,24)(H,19,21,23). The van der Waals surface area contributed by atoms with Crippen LogP contribution in [-0.4, -0.2) is 41.4 Å². The van der Waals surface area contributed by atoms with E-state index in [4.69, 9.17) is 9.47 Å². The Hall–Kier alpha value is -2.74. The molecule has 8 heteroatoms. The Labute approximate surface area is 152 Å². The quantitative estimate of drug-likeness (QED) is 0.818. The molecular weight excluding hydrogens is 334 g/mol. The minimum atomic E-state index is -0.250. The van der Waals surface area contributed by atoms with Crippen molar-refractivity contribution >= 4 is 17.5 Å². The van der Waals surface area contributed by atoms with Crippen molar-refractivity contribution in [3.63, 3.8) is 0 Å². The second-order valence-corrected chi connectivity index (χ2v) is 6.18. The fourth-order valence-electron chi connectivity index (χ4n) is 2.71. The van der Waals surface area contributed by atoms with Gasteiger partial charge in [0, 0.05) is 24.8 Å². The van der Waals surface area contributed by atoms with Gasteiger partial charge in [-0.2, -0.15) is 0 Å². The van der Waals surface area contributed by atoms with Crippen molar-refractivity contribution in [1.29, 1.82) is 0 Å². The van der Waals surface area contributed by atoms with Gasteiger partial charge in [-0.15, -0.1) is 10.2 Å². The van der Waals surface area contributed by atoms with Crippen LogP contribution in [0, 0.1) is 5.92 Å². The van der Waals surface area contributed by atoms with Gasteiger partial charge in [0.05, 0.1) is 19.3 Å². The minimum Gasteiger partial charge on any atom is -0.497 e. The zero-order valence-electron chi connectivity index (χ0n) is 14.9. The van der Waals surface area contributed by atoms with Crippen molar-refractivity contribution in [3.8, 4) is 5.75 Å². The van der Waals surface area contributed by atoms with Crippen LogP contribution in [0.25, 0.3) is 0 Å². The average molecular weight is 357 g/mol. The number of amides is 1. The summed E-state index contributed by atoms with van der Waals surface area (Å²) in [4.78, 5) is 16.6. The van der Waals surface area contributed by atoms with Gasteiger partial charge in [0.1, 0.15) is 11.4 Å². The molecule has 8 nitrogen and oxygen atoms in total. The van der Waals surface area contributed by atoms with E-state index in [9.17, 15) is 4.79 Å². The smallest absolute Gasteiger partial charge is 0.247 e. The average Bonchev–Trinajstić information content (AvgIpc) is 2.69. The highest BCUT2D eigenvalue weighted by Gasteiger charge is 2.23. The van der Waals surface area contributed by atoms with Crippen molar-refractivity contribution in [2.45, 2.75) is 25.8 Å². The van der Waals surface area contributed by atoms with Crippen LogP contribution in [0.2, 0.25) is 0 Å². The highest BCUT2D eigenvalue weighted by atomic mass is 16.5. The number of carbonyl (C=O) groups is 1. The fraction of sp³-hybridized carbons (Fsp3) is 0.444. The first-order valence-corrected chi connectivity index (χ1v) is 8.64. The number of nitrogens with zero attached hydrogens (tertiary/aromatic N) is 3. The van der Waals surface area contributed by atoms with Crippen LogP contribution >= 0.6 is 0 Å². The van der Waals surface area contributed by atoms with Gasteiger partial charge in [0.25, 0.3) is 0 Å². The van der Waals surface area contributed by atoms with Crippen molar-refractivity contribution < 1.29 is 14.3 Å². The topological polar surface area (TPSA) is 98.3 Å². The number of rotatable bonds is 6. The van der Waals surface area contributed by atoms with Crippen LogP contribution in [-0.2, 0) is 9.53 Å². The SMILES string of the molecule is COc1ccc(Nc2ncc(C(C)NC(=O)C3CCOCC3)nn2)cc1.